The van der Waals surface area contributed by atoms with Crippen LogP contribution in [0.4, 0.5) is 0 Å². The van der Waals surface area contributed by atoms with Gasteiger partial charge in [0.15, 0.2) is 5.76 Å². The standard InChI is InChI=1S/C20H18N4O/c1-23(2)21-13-16-14-24(17-9-4-3-5-10-17)22-20(16)19-12-15-8-6-7-11-18(15)25-19/h3-14H,1-2H3/b21-13+. The van der Waals surface area contributed by atoms with E-state index in [0.717, 1.165) is 33.7 Å². The van der Waals surface area contributed by atoms with Crippen LogP contribution in [0, 0.1) is 0 Å². The van der Waals surface area contributed by atoms with Crippen molar-refractivity contribution < 1.29 is 4.42 Å². The van der Waals surface area contributed by atoms with Crippen molar-refractivity contribution in [3.05, 3.63) is 72.4 Å². The molecule has 0 aliphatic rings. The van der Waals surface area contributed by atoms with Crippen molar-refractivity contribution >= 4 is 17.2 Å². The Kier molecular flexibility index (Phi) is 3.82. The third kappa shape index (κ3) is 3.04. The van der Waals surface area contributed by atoms with Gasteiger partial charge in [0.2, 0.25) is 0 Å². The fourth-order valence-electron chi connectivity index (χ4n) is 2.66. The number of rotatable bonds is 4. The molecule has 0 N–H and O–H groups in total. The van der Waals surface area contributed by atoms with Crippen molar-refractivity contribution in [1.82, 2.24) is 14.8 Å². The van der Waals surface area contributed by atoms with Crippen LogP contribution in [0.5, 0.6) is 0 Å². The van der Waals surface area contributed by atoms with Gasteiger partial charge in [-0.05, 0) is 24.3 Å². The molecule has 0 saturated carbocycles. The fraction of sp³-hybridized carbons (Fsp3) is 0.100. The first-order chi connectivity index (χ1) is 12.2. The topological polar surface area (TPSA) is 46.6 Å². The highest BCUT2D eigenvalue weighted by Crippen LogP contribution is 2.29. The van der Waals surface area contributed by atoms with Crippen LogP contribution in [-0.2, 0) is 0 Å². The first-order valence-corrected chi connectivity index (χ1v) is 8.06. The number of nitrogens with zero attached hydrogens (tertiary/aromatic N) is 4. The monoisotopic (exact) mass is 330 g/mol. The smallest absolute Gasteiger partial charge is 0.156 e. The second-order valence-corrected chi connectivity index (χ2v) is 5.95. The predicted octanol–water partition coefficient (Wildman–Crippen LogP) is 4.18. The molecule has 0 amide bonds. The quantitative estimate of drug-likeness (QED) is 0.416. The Morgan fingerprint density at radius 1 is 1.04 bits per heavy atom. The van der Waals surface area contributed by atoms with Crippen LogP contribution < -0.4 is 0 Å². The van der Waals surface area contributed by atoms with Gasteiger partial charge in [0.25, 0.3) is 0 Å². The van der Waals surface area contributed by atoms with Gasteiger partial charge in [-0.3, -0.25) is 0 Å². The van der Waals surface area contributed by atoms with Crippen LogP contribution in [0.2, 0.25) is 0 Å². The lowest BCUT2D eigenvalue weighted by Gasteiger charge is -2.01. The molecule has 2 heterocycles. The molecule has 0 aliphatic carbocycles. The molecule has 2 aromatic carbocycles. The predicted molar refractivity (Wildman–Crippen MR) is 100 cm³/mol. The van der Waals surface area contributed by atoms with Crippen LogP contribution >= 0.6 is 0 Å². The summed E-state index contributed by atoms with van der Waals surface area (Å²) in [4.78, 5) is 0. The Hall–Kier alpha value is -3.34. The van der Waals surface area contributed by atoms with Crippen molar-refractivity contribution in [3.8, 4) is 17.1 Å². The Bertz CT molecular complexity index is 995. The molecule has 0 atom stereocenters. The van der Waals surface area contributed by atoms with E-state index in [-0.39, 0.29) is 0 Å². The van der Waals surface area contributed by atoms with Gasteiger partial charge in [-0.15, -0.1) is 0 Å². The van der Waals surface area contributed by atoms with Crippen molar-refractivity contribution in [2.24, 2.45) is 5.10 Å². The zero-order chi connectivity index (χ0) is 17.2. The number of furan rings is 1. The van der Waals surface area contributed by atoms with E-state index >= 15 is 0 Å². The molecular weight excluding hydrogens is 312 g/mol. The van der Waals surface area contributed by atoms with E-state index in [9.17, 15) is 0 Å². The van der Waals surface area contributed by atoms with Crippen LogP contribution in [0.25, 0.3) is 28.1 Å². The van der Waals surface area contributed by atoms with Gasteiger partial charge in [-0.25, -0.2) is 4.68 Å². The number of hydrazone groups is 1. The molecule has 0 aliphatic heterocycles. The fourth-order valence-corrected chi connectivity index (χ4v) is 2.66. The number of hydrogen-bond acceptors (Lipinski definition) is 4. The van der Waals surface area contributed by atoms with Crippen LogP contribution in [0.15, 0.2) is 76.4 Å². The Balaban J connectivity index is 1.85. The van der Waals surface area contributed by atoms with E-state index in [1.165, 1.54) is 0 Å². The van der Waals surface area contributed by atoms with Crippen molar-refractivity contribution in [2.45, 2.75) is 0 Å². The lowest BCUT2D eigenvalue weighted by atomic mass is 10.2. The zero-order valence-corrected chi connectivity index (χ0v) is 14.1. The maximum atomic E-state index is 6.00. The largest absolute Gasteiger partial charge is 0.454 e. The summed E-state index contributed by atoms with van der Waals surface area (Å²) < 4.78 is 7.85. The third-order valence-corrected chi connectivity index (χ3v) is 3.85. The average Bonchev–Trinajstić information content (AvgIpc) is 3.24. The maximum absolute atomic E-state index is 6.00. The highest BCUT2D eigenvalue weighted by Gasteiger charge is 2.15. The molecule has 0 unspecified atom stereocenters. The van der Waals surface area contributed by atoms with Gasteiger partial charge >= 0.3 is 0 Å². The Morgan fingerprint density at radius 3 is 2.56 bits per heavy atom. The molecule has 2 aromatic heterocycles. The lowest BCUT2D eigenvalue weighted by Crippen LogP contribution is -2.01. The first-order valence-electron chi connectivity index (χ1n) is 8.06. The van der Waals surface area contributed by atoms with Crippen molar-refractivity contribution in [3.63, 3.8) is 0 Å². The SMILES string of the molecule is CN(C)/N=C/c1cn(-c2ccccc2)nc1-c1cc2ccccc2o1. The van der Waals surface area contributed by atoms with Gasteiger partial charge in [-0.1, -0.05) is 36.4 Å². The summed E-state index contributed by atoms with van der Waals surface area (Å²) in [6, 6.07) is 20.0. The summed E-state index contributed by atoms with van der Waals surface area (Å²) in [5.74, 6) is 0.732. The number of aromatic nitrogens is 2. The molecule has 5 nitrogen and oxygen atoms in total. The minimum atomic E-state index is 0.732. The summed E-state index contributed by atoms with van der Waals surface area (Å²) in [6.45, 7) is 0. The maximum Gasteiger partial charge on any atom is 0.156 e. The zero-order valence-electron chi connectivity index (χ0n) is 14.1. The highest BCUT2D eigenvalue weighted by molar-refractivity contribution is 5.90. The summed E-state index contributed by atoms with van der Waals surface area (Å²) in [5, 5.41) is 11.9. The molecule has 0 spiro atoms. The van der Waals surface area contributed by atoms with Crippen LogP contribution in [0.3, 0.4) is 0 Å². The molecule has 4 aromatic rings. The molecule has 0 bridgehead atoms. The molecule has 0 saturated heterocycles. The second kappa shape index (κ2) is 6.28. The molecule has 0 fully saturated rings. The summed E-state index contributed by atoms with van der Waals surface area (Å²) in [7, 11) is 3.78. The lowest BCUT2D eigenvalue weighted by molar-refractivity contribution is 0.440. The third-order valence-electron chi connectivity index (χ3n) is 3.85. The second-order valence-electron chi connectivity index (χ2n) is 5.95. The number of fused-ring (bicyclic) bond motifs is 1. The summed E-state index contributed by atoms with van der Waals surface area (Å²) in [5.41, 5.74) is 3.51. The minimum Gasteiger partial charge on any atom is -0.454 e. The molecule has 5 heteroatoms. The van der Waals surface area contributed by atoms with Crippen LogP contribution in [0.1, 0.15) is 5.56 Å². The highest BCUT2D eigenvalue weighted by atomic mass is 16.3. The van der Waals surface area contributed by atoms with E-state index in [1.807, 2.05) is 85.6 Å². The van der Waals surface area contributed by atoms with Crippen LogP contribution in [-0.4, -0.2) is 35.1 Å². The molecule has 0 radical (unpaired) electrons. The van der Waals surface area contributed by atoms with Crippen molar-refractivity contribution in [1.29, 1.82) is 0 Å². The average molecular weight is 330 g/mol. The minimum absolute atomic E-state index is 0.732. The van der Waals surface area contributed by atoms with E-state index in [2.05, 4.69) is 5.10 Å². The van der Waals surface area contributed by atoms with Gasteiger partial charge in [0.05, 0.1) is 11.9 Å². The molecule has 124 valence electrons. The van der Waals surface area contributed by atoms with Gasteiger partial charge in [0.1, 0.15) is 11.3 Å². The summed E-state index contributed by atoms with van der Waals surface area (Å²) >= 11 is 0. The van der Waals surface area contributed by atoms with E-state index < -0.39 is 0 Å². The summed E-state index contributed by atoms with van der Waals surface area (Å²) in [6.07, 6.45) is 3.76. The molecule has 25 heavy (non-hydrogen) atoms. The van der Waals surface area contributed by atoms with E-state index in [0.29, 0.717) is 0 Å². The van der Waals surface area contributed by atoms with E-state index in [1.54, 1.807) is 11.2 Å². The van der Waals surface area contributed by atoms with E-state index in [4.69, 9.17) is 9.52 Å². The molecular formula is C20H18N4O. The van der Waals surface area contributed by atoms with Crippen molar-refractivity contribution in [2.75, 3.05) is 14.1 Å². The number of hydrogen-bond donors (Lipinski definition) is 0. The van der Waals surface area contributed by atoms with Gasteiger partial charge < -0.3 is 9.43 Å². The Labute approximate surface area is 145 Å². The Morgan fingerprint density at radius 2 is 1.80 bits per heavy atom. The van der Waals surface area contributed by atoms with Gasteiger partial charge in [-0.2, -0.15) is 10.2 Å². The van der Waals surface area contributed by atoms with Gasteiger partial charge in [0, 0.05) is 31.2 Å². The molecule has 4 rings (SSSR count). The normalized spacial score (nSPS) is 11.4. The first kappa shape index (κ1) is 15.2. The number of benzene rings is 2. The number of para-hydroxylation sites is 2.